The Bertz CT molecular complexity index is 149. The Morgan fingerprint density at radius 3 is 2.67 bits per heavy atom. The quantitative estimate of drug-likeness (QED) is 0.510. The van der Waals surface area contributed by atoms with Gasteiger partial charge < -0.3 is 5.32 Å². The van der Waals surface area contributed by atoms with Crippen LogP contribution >= 0.6 is 0 Å². The van der Waals surface area contributed by atoms with Crippen molar-refractivity contribution in [3.05, 3.63) is 0 Å². The van der Waals surface area contributed by atoms with Crippen molar-refractivity contribution in [2.24, 2.45) is 0 Å². The van der Waals surface area contributed by atoms with Crippen LogP contribution in [0.4, 0.5) is 0 Å². The highest BCUT2D eigenvalue weighted by molar-refractivity contribution is 5.91. The molecule has 0 aromatic heterocycles. The summed E-state index contributed by atoms with van der Waals surface area (Å²) in [4.78, 5) is 11.1. The highest BCUT2D eigenvalue weighted by Gasteiger charge is 2.49. The van der Waals surface area contributed by atoms with Crippen LogP contribution in [0.15, 0.2) is 0 Å². The zero-order valence-electron chi connectivity index (χ0n) is 5.44. The number of carbonyl (C=O) groups excluding carboxylic acids is 1. The summed E-state index contributed by atoms with van der Waals surface area (Å²) in [5, 5.41) is 3.27. The van der Waals surface area contributed by atoms with Crippen molar-refractivity contribution < 1.29 is 4.79 Å². The molecule has 0 unspecified atom stereocenters. The Morgan fingerprint density at radius 1 is 1.44 bits per heavy atom. The molecule has 2 aliphatic rings. The van der Waals surface area contributed by atoms with Crippen LogP contribution in [0.2, 0.25) is 0 Å². The van der Waals surface area contributed by atoms with E-state index in [4.69, 9.17) is 0 Å². The second kappa shape index (κ2) is 1.57. The molecule has 0 aromatic rings. The van der Waals surface area contributed by atoms with Crippen LogP contribution in [0.25, 0.3) is 0 Å². The molecule has 0 amide bonds. The van der Waals surface area contributed by atoms with Gasteiger partial charge in [0.25, 0.3) is 0 Å². The largest absolute Gasteiger partial charge is 0.305 e. The van der Waals surface area contributed by atoms with E-state index in [1.165, 1.54) is 0 Å². The van der Waals surface area contributed by atoms with Crippen LogP contribution in [0, 0.1) is 0 Å². The second-order valence-corrected chi connectivity index (χ2v) is 3.04. The molecule has 0 radical (unpaired) electrons. The van der Waals surface area contributed by atoms with Gasteiger partial charge in [-0.05, 0) is 25.8 Å². The molecule has 1 spiro atoms. The summed E-state index contributed by atoms with van der Waals surface area (Å²) in [6, 6.07) is 0. The Labute approximate surface area is 54.6 Å². The molecule has 2 nitrogen and oxygen atoms in total. The summed E-state index contributed by atoms with van der Waals surface area (Å²) in [5.74, 6) is 0.453. The predicted molar refractivity (Wildman–Crippen MR) is 34.2 cm³/mol. The first-order valence-electron chi connectivity index (χ1n) is 3.62. The molecule has 0 atom stereocenters. The molecule has 1 heterocycles. The molecule has 1 saturated carbocycles. The van der Waals surface area contributed by atoms with Gasteiger partial charge in [0, 0.05) is 6.42 Å². The van der Waals surface area contributed by atoms with E-state index in [0.717, 1.165) is 32.2 Å². The van der Waals surface area contributed by atoms with Crippen molar-refractivity contribution in [2.75, 3.05) is 6.54 Å². The van der Waals surface area contributed by atoms with Gasteiger partial charge in [-0.15, -0.1) is 0 Å². The van der Waals surface area contributed by atoms with Gasteiger partial charge in [0.05, 0.1) is 5.54 Å². The van der Waals surface area contributed by atoms with Gasteiger partial charge >= 0.3 is 0 Å². The van der Waals surface area contributed by atoms with Crippen molar-refractivity contribution in [1.82, 2.24) is 5.32 Å². The monoisotopic (exact) mass is 125 g/mol. The van der Waals surface area contributed by atoms with Crippen molar-refractivity contribution >= 4 is 5.78 Å². The zero-order valence-corrected chi connectivity index (χ0v) is 5.44. The molecule has 50 valence electrons. The van der Waals surface area contributed by atoms with E-state index in [9.17, 15) is 4.79 Å². The molecule has 1 aliphatic carbocycles. The van der Waals surface area contributed by atoms with Gasteiger partial charge in [0.1, 0.15) is 0 Å². The number of hydrogen-bond acceptors (Lipinski definition) is 2. The van der Waals surface area contributed by atoms with E-state index in [1.54, 1.807) is 0 Å². The van der Waals surface area contributed by atoms with E-state index in [2.05, 4.69) is 5.32 Å². The van der Waals surface area contributed by atoms with Crippen molar-refractivity contribution in [3.8, 4) is 0 Å². The molecule has 2 rings (SSSR count). The smallest absolute Gasteiger partial charge is 0.152 e. The minimum absolute atomic E-state index is 0.00174. The van der Waals surface area contributed by atoms with Gasteiger partial charge in [-0.3, -0.25) is 4.79 Å². The first kappa shape index (κ1) is 5.42. The standard InChI is InChI=1S/C7H11NO/c9-6-2-1-5-8-7(6)3-4-7/h8H,1-5H2. The van der Waals surface area contributed by atoms with Crippen LogP contribution < -0.4 is 5.32 Å². The molecular formula is C7H11NO. The molecule has 1 N–H and O–H groups in total. The van der Waals surface area contributed by atoms with Crippen LogP contribution in [0.3, 0.4) is 0 Å². The summed E-state index contributed by atoms with van der Waals surface area (Å²) in [7, 11) is 0. The van der Waals surface area contributed by atoms with E-state index in [1.807, 2.05) is 0 Å². The molecule has 1 aliphatic heterocycles. The van der Waals surface area contributed by atoms with E-state index >= 15 is 0 Å². The highest BCUT2D eigenvalue weighted by atomic mass is 16.1. The van der Waals surface area contributed by atoms with Gasteiger partial charge in [0.2, 0.25) is 0 Å². The van der Waals surface area contributed by atoms with Crippen LogP contribution in [0.5, 0.6) is 0 Å². The number of rotatable bonds is 0. The van der Waals surface area contributed by atoms with Crippen molar-refractivity contribution in [3.63, 3.8) is 0 Å². The van der Waals surface area contributed by atoms with E-state index in [0.29, 0.717) is 5.78 Å². The fraction of sp³-hybridized carbons (Fsp3) is 0.857. The fourth-order valence-electron chi connectivity index (χ4n) is 1.50. The summed E-state index contributed by atoms with van der Waals surface area (Å²) in [6.45, 7) is 1.05. The second-order valence-electron chi connectivity index (χ2n) is 3.04. The number of ketones is 1. The minimum atomic E-state index is -0.00174. The zero-order chi connectivity index (χ0) is 6.32. The summed E-state index contributed by atoms with van der Waals surface area (Å²) < 4.78 is 0. The number of Topliss-reactive ketones (excluding diaryl/α,β-unsaturated/α-hetero) is 1. The van der Waals surface area contributed by atoms with Crippen molar-refractivity contribution in [1.29, 1.82) is 0 Å². The maximum atomic E-state index is 11.1. The molecule has 2 fully saturated rings. The van der Waals surface area contributed by atoms with Crippen molar-refractivity contribution in [2.45, 2.75) is 31.2 Å². The third-order valence-corrected chi connectivity index (χ3v) is 2.33. The fourth-order valence-corrected chi connectivity index (χ4v) is 1.50. The number of nitrogens with one attached hydrogen (secondary N) is 1. The average molecular weight is 125 g/mol. The highest BCUT2D eigenvalue weighted by Crippen LogP contribution is 2.39. The lowest BCUT2D eigenvalue weighted by atomic mass is 10.0. The molecule has 9 heavy (non-hydrogen) atoms. The van der Waals surface area contributed by atoms with Crippen LogP contribution in [-0.2, 0) is 4.79 Å². The first-order chi connectivity index (χ1) is 4.33. The van der Waals surface area contributed by atoms with Gasteiger partial charge in [-0.25, -0.2) is 0 Å². The van der Waals surface area contributed by atoms with E-state index in [-0.39, 0.29) is 5.54 Å². The molecule has 0 aromatic carbocycles. The third kappa shape index (κ3) is 0.697. The third-order valence-electron chi connectivity index (χ3n) is 2.33. The lowest BCUT2D eigenvalue weighted by molar-refractivity contribution is -0.123. The van der Waals surface area contributed by atoms with E-state index < -0.39 is 0 Å². The number of carbonyl (C=O) groups is 1. The Balaban J connectivity index is 2.12. The first-order valence-corrected chi connectivity index (χ1v) is 3.62. The van der Waals surface area contributed by atoms with Gasteiger partial charge in [0.15, 0.2) is 5.78 Å². The lowest BCUT2D eigenvalue weighted by Crippen LogP contribution is -2.43. The number of piperidine rings is 1. The average Bonchev–Trinajstić information content (AvgIpc) is 2.60. The predicted octanol–water partition coefficient (Wildman–Crippen LogP) is 0.471. The molecule has 1 saturated heterocycles. The SMILES string of the molecule is O=C1CCCNC12CC2. The Kier molecular flexibility index (Phi) is 0.943. The van der Waals surface area contributed by atoms with Crippen LogP contribution in [0.1, 0.15) is 25.7 Å². The topological polar surface area (TPSA) is 29.1 Å². The molecule has 0 bridgehead atoms. The van der Waals surface area contributed by atoms with Crippen LogP contribution in [-0.4, -0.2) is 17.9 Å². The normalized spacial score (nSPS) is 30.9. The summed E-state index contributed by atoms with van der Waals surface area (Å²) >= 11 is 0. The summed E-state index contributed by atoms with van der Waals surface area (Å²) in [6.07, 6.45) is 4.03. The lowest BCUT2D eigenvalue weighted by Gasteiger charge is -2.20. The molecule has 2 heteroatoms. The molecular weight excluding hydrogens is 114 g/mol. The van der Waals surface area contributed by atoms with Gasteiger partial charge in [-0.1, -0.05) is 0 Å². The Hall–Kier alpha value is -0.370. The minimum Gasteiger partial charge on any atom is -0.305 e. The Morgan fingerprint density at radius 2 is 2.22 bits per heavy atom. The maximum absolute atomic E-state index is 11.1. The number of hydrogen-bond donors (Lipinski definition) is 1. The maximum Gasteiger partial charge on any atom is 0.152 e. The van der Waals surface area contributed by atoms with Gasteiger partial charge in [-0.2, -0.15) is 0 Å². The summed E-state index contributed by atoms with van der Waals surface area (Å²) in [5.41, 5.74) is -0.00174.